The lowest BCUT2D eigenvalue weighted by Crippen LogP contribution is -2.27. The number of halogens is 3. The third kappa shape index (κ3) is 4.42. The zero-order valence-corrected chi connectivity index (χ0v) is 19.1. The number of furan rings is 1. The number of hydrogen-bond acceptors (Lipinski definition) is 5. The van der Waals surface area contributed by atoms with Crippen molar-refractivity contribution in [2.24, 2.45) is 0 Å². The number of carboxylic acids is 1. The van der Waals surface area contributed by atoms with Crippen LogP contribution >= 0.6 is 46.6 Å². The van der Waals surface area contributed by atoms with Crippen molar-refractivity contribution in [3.63, 3.8) is 0 Å². The summed E-state index contributed by atoms with van der Waals surface area (Å²) in [6.07, 6.45) is 1.45. The normalized spacial score (nSPS) is 15.1. The minimum atomic E-state index is -1.16. The van der Waals surface area contributed by atoms with E-state index in [0.29, 0.717) is 32.7 Å². The summed E-state index contributed by atoms with van der Waals surface area (Å²) in [7, 11) is 0. The number of nitrogens with zero attached hydrogens (tertiary/aromatic N) is 1. The molecule has 1 aliphatic heterocycles. The Morgan fingerprint density at radius 2 is 1.75 bits per heavy atom. The lowest BCUT2D eigenvalue weighted by atomic mass is 10.1. The van der Waals surface area contributed by atoms with Gasteiger partial charge in [-0.2, -0.15) is 0 Å². The number of thioether (sulfide) groups is 1. The number of carbonyl (C=O) groups is 3. The number of hydrogen-bond donors (Lipinski definition) is 1. The molecule has 1 fully saturated rings. The van der Waals surface area contributed by atoms with Gasteiger partial charge in [-0.15, -0.1) is 0 Å². The second kappa shape index (κ2) is 9.03. The molecule has 0 bridgehead atoms. The zero-order chi connectivity index (χ0) is 23.0. The highest BCUT2D eigenvalue weighted by atomic mass is 35.5. The molecule has 0 atom stereocenters. The standard InChI is InChI=1S/C22H12Cl3NO5S/c23-15-2-1-3-16(24)14(15)10-26-20(27)19(32-22(26)30)9-12-5-7-18(31-12)11-4-6-17(25)13(8-11)21(28)29/h1-9H,10H2,(H,28,29)/b19-9+. The summed E-state index contributed by atoms with van der Waals surface area (Å²) in [4.78, 5) is 37.7. The average molecular weight is 509 g/mol. The molecular formula is C22H12Cl3NO5S. The number of aromatic carboxylic acids is 1. The van der Waals surface area contributed by atoms with E-state index in [2.05, 4.69) is 0 Å². The van der Waals surface area contributed by atoms with E-state index in [-0.39, 0.29) is 22.0 Å². The molecule has 2 aromatic carbocycles. The van der Waals surface area contributed by atoms with Crippen molar-refractivity contribution < 1.29 is 23.9 Å². The fourth-order valence-corrected chi connectivity index (χ4v) is 4.57. The summed E-state index contributed by atoms with van der Waals surface area (Å²) in [6.45, 7) is -0.0490. The van der Waals surface area contributed by atoms with Crippen molar-refractivity contribution in [3.05, 3.63) is 85.4 Å². The fraction of sp³-hybridized carbons (Fsp3) is 0.0455. The van der Waals surface area contributed by atoms with Crippen LogP contribution in [-0.4, -0.2) is 27.1 Å². The molecule has 162 valence electrons. The lowest BCUT2D eigenvalue weighted by molar-refractivity contribution is -0.123. The third-order valence-corrected chi connectivity index (χ3v) is 6.58. The van der Waals surface area contributed by atoms with Gasteiger partial charge in [0.2, 0.25) is 0 Å². The van der Waals surface area contributed by atoms with Gasteiger partial charge in [0.25, 0.3) is 11.1 Å². The van der Waals surface area contributed by atoms with Gasteiger partial charge in [-0.1, -0.05) is 40.9 Å². The van der Waals surface area contributed by atoms with E-state index in [1.807, 2.05) is 0 Å². The highest BCUT2D eigenvalue weighted by Gasteiger charge is 2.36. The Balaban J connectivity index is 1.57. The Labute approximate surface area is 201 Å². The summed E-state index contributed by atoms with van der Waals surface area (Å²) < 4.78 is 5.73. The van der Waals surface area contributed by atoms with E-state index in [0.717, 1.165) is 16.7 Å². The second-order valence-corrected chi connectivity index (χ2v) is 8.88. The molecule has 4 rings (SSSR count). The first-order chi connectivity index (χ1) is 15.2. The fourth-order valence-electron chi connectivity index (χ4n) is 3.03. The molecule has 2 heterocycles. The van der Waals surface area contributed by atoms with Crippen LogP contribution in [0.3, 0.4) is 0 Å². The molecule has 1 aliphatic rings. The topological polar surface area (TPSA) is 87.8 Å². The van der Waals surface area contributed by atoms with Gasteiger partial charge in [0, 0.05) is 27.2 Å². The van der Waals surface area contributed by atoms with Crippen molar-refractivity contribution >= 4 is 69.8 Å². The minimum absolute atomic E-state index is 0.0490. The molecule has 0 unspecified atom stereocenters. The van der Waals surface area contributed by atoms with Crippen LogP contribution in [0.15, 0.2) is 57.9 Å². The molecule has 10 heteroatoms. The monoisotopic (exact) mass is 507 g/mol. The van der Waals surface area contributed by atoms with E-state index in [1.54, 1.807) is 36.4 Å². The number of carboxylic acid groups (broad SMARTS) is 1. The number of imide groups is 1. The predicted octanol–water partition coefficient (Wildman–Crippen LogP) is 6.84. The zero-order valence-electron chi connectivity index (χ0n) is 16.0. The quantitative estimate of drug-likeness (QED) is 0.380. The first kappa shape index (κ1) is 22.5. The molecule has 6 nitrogen and oxygen atoms in total. The summed E-state index contributed by atoms with van der Waals surface area (Å²) in [6, 6.07) is 12.7. The van der Waals surface area contributed by atoms with Gasteiger partial charge in [-0.05, 0) is 54.2 Å². The smallest absolute Gasteiger partial charge is 0.337 e. The summed E-state index contributed by atoms with van der Waals surface area (Å²) in [5, 5.41) is 9.62. The molecule has 0 saturated carbocycles. The van der Waals surface area contributed by atoms with Gasteiger partial charge < -0.3 is 9.52 Å². The molecule has 0 radical (unpaired) electrons. The number of rotatable bonds is 5. The molecule has 3 aromatic rings. The average Bonchev–Trinajstić information content (AvgIpc) is 3.30. The Morgan fingerprint density at radius 3 is 2.44 bits per heavy atom. The van der Waals surface area contributed by atoms with E-state index in [9.17, 15) is 19.5 Å². The lowest BCUT2D eigenvalue weighted by Gasteiger charge is -2.14. The summed E-state index contributed by atoms with van der Waals surface area (Å²) in [5.41, 5.74) is 0.936. The Hall–Kier alpha value is -2.71. The molecular weight excluding hydrogens is 497 g/mol. The number of benzene rings is 2. The van der Waals surface area contributed by atoms with Crippen LogP contribution in [0, 0.1) is 0 Å². The van der Waals surface area contributed by atoms with Crippen LogP contribution in [0.25, 0.3) is 17.4 Å². The van der Waals surface area contributed by atoms with E-state index in [4.69, 9.17) is 39.2 Å². The molecule has 1 saturated heterocycles. The third-order valence-electron chi connectivity index (χ3n) is 4.63. The van der Waals surface area contributed by atoms with Crippen LogP contribution in [0.2, 0.25) is 15.1 Å². The van der Waals surface area contributed by atoms with Crippen molar-refractivity contribution in [1.82, 2.24) is 4.90 Å². The van der Waals surface area contributed by atoms with Crippen molar-refractivity contribution in [1.29, 1.82) is 0 Å². The molecule has 32 heavy (non-hydrogen) atoms. The first-order valence-corrected chi connectivity index (χ1v) is 11.0. The maximum absolute atomic E-state index is 12.8. The van der Waals surface area contributed by atoms with Crippen LogP contribution in [0.4, 0.5) is 4.79 Å². The Morgan fingerprint density at radius 1 is 1.03 bits per heavy atom. The molecule has 1 N–H and O–H groups in total. The molecule has 0 spiro atoms. The van der Waals surface area contributed by atoms with E-state index >= 15 is 0 Å². The second-order valence-electron chi connectivity index (χ2n) is 6.67. The van der Waals surface area contributed by atoms with Gasteiger partial charge in [-0.25, -0.2) is 4.79 Å². The van der Waals surface area contributed by atoms with E-state index < -0.39 is 17.1 Å². The first-order valence-electron chi connectivity index (χ1n) is 9.06. The van der Waals surface area contributed by atoms with Crippen molar-refractivity contribution in [3.8, 4) is 11.3 Å². The highest BCUT2D eigenvalue weighted by Crippen LogP contribution is 2.36. The maximum Gasteiger partial charge on any atom is 0.337 e. The van der Waals surface area contributed by atoms with Crippen LogP contribution in [0.5, 0.6) is 0 Å². The summed E-state index contributed by atoms with van der Waals surface area (Å²) >= 11 is 19.0. The molecule has 0 aliphatic carbocycles. The molecule has 2 amide bonds. The highest BCUT2D eigenvalue weighted by molar-refractivity contribution is 8.18. The molecule has 1 aromatic heterocycles. The Kier molecular flexibility index (Phi) is 6.35. The van der Waals surface area contributed by atoms with Gasteiger partial charge in [0.1, 0.15) is 11.5 Å². The van der Waals surface area contributed by atoms with Crippen LogP contribution in [0.1, 0.15) is 21.7 Å². The number of amides is 2. The van der Waals surface area contributed by atoms with Gasteiger partial charge in [0.05, 0.1) is 22.0 Å². The SMILES string of the molecule is O=C(O)c1cc(-c2ccc(/C=C3/SC(=O)N(Cc4c(Cl)cccc4Cl)C3=O)o2)ccc1Cl. The van der Waals surface area contributed by atoms with Gasteiger partial charge in [-0.3, -0.25) is 14.5 Å². The largest absolute Gasteiger partial charge is 0.478 e. The number of carbonyl (C=O) groups excluding carboxylic acids is 2. The maximum atomic E-state index is 12.8. The van der Waals surface area contributed by atoms with Crippen LogP contribution < -0.4 is 0 Å². The van der Waals surface area contributed by atoms with Crippen molar-refractivity contribution in [2.45, 2.75) is 6.54 Å². The van der Waals surface area contributed by atoms with Crippen LogP contribution in [-0.2, 0) is 11.3 Å². The summed E-state index contributed by atoms with van der Waals surface area (Å²) in [5.74, 6) is -0.935. The predicted molar refractivity (Wildman–Crippen MR) is 124 cm³/mol. The van der Waals surface area contributed by atoms with Gasteiger partial charge in [0.15, 0.2) is 0 Å². The van der Waals surface area contributed by atoms with Gasteiger partial charge >= 0.3 is 5.97 Å². The minimum Gasteiger partial charge on any atom is -0.478 e. The van der Waals surface area contributed by atoms with Crippen molar-refractivity contribution in [2.75, 3.05) is 0 Å². The van der Waals surface area contributed by atoms with E-state index in [1.165, 1.54) is 18.2 Å². The Bertz CT molecular complexity index is 1280.